The Hall–Kier alpha value is -0.810. The number of nitrogens with one attached hydrogen (secondary N) is 1. The third-order valence-electron chi connectivity index (χ3n) is 3.19. The standard InChI is InChI=1S/C14H24N2/c1-11-5-12(2)7-13(6-11)8-16-10-14(3,4)9-15/h5,11,13,16H,6-8,10H2,1-4H3. The molecule has 0 saturated carbocycles. The van der Waals surface area contributed by atoms with Crippen LogP contribution in [0.25, 0.3) is 0 Å². The van der Waals surface area contributed by atoms with Crippen molar-refractivity contribution in [3.05, 3.63) is 11.6 Å². The highest BCUT2D eigenvalue weighted by molar-refractivity contribution is 5.06. The molecule has 1 aliphatic carbocycles. The summed E-state index contributed by atoms with van der Waals surface area (Å²) in [6.45, 7) is 10.3. The fourth-order valence-corrected chi connectivity index (χ4v) is 2.47. The fourth-order valence-electron chi connectivity index (χ4n) is 2.47. The minimum atomic E-state index is -0.245. The van der Waals surface area contributed by atoms with E-state index in [-0.39, 0.29) is 5.41 Å². The van der Waals surface area contributed by atoms with Crippen molar-refractivity contribution in [2.75, 3.05) is 13.1 Å². The van der Waals surface area contributed by atoms with E-state index in [1.165, 1.54) is 18.4 Å². The third-order valence-corrected chi connectivity index (χ3v) is 3.19. The molecular formula is C14H24N2. The maximum Gasteiger partial charge on any atom is 0.0697 e. The van der Waals surface area contributed by atoms with Crippen LogP contribution in [0.4, 0.5) is 0 Å². The first-order valence-electron chi connectivity index (χ1n) is 6.22. The van der Waals surface area contributed by atoms with Crippen molar-refractivity contribution in [1.29, 1.82) is 5.26 Å². The molecule has 2 heteroatoms. The second kappa shape index (κ2) is 5.50. The van der Waals surface area contributed by atoms with Crippen molar-refractivity contribution in [2.45, 2.75) is 40.5 Å². The number of nitriles is 1. The summed E-state index contributed by atoms with van der Waals surface area (Å²) in [6.07, 6.45) is 4.87. The second-order valence-corrected chi connectivity index (χ2v) is 5.92. The van der Waals surface area contributed by atoms with Gasteiger partial charge in [0.25, 0.3) is 0 Å². The van der Waals surface area contributed by atoms with E-state index >= 15 is 0 Å². The van der Waals surface area contributed by atoms with E-state index in [9.17, 15) is 0 Å². The summed E-state index contributed by atoms with van der Waals surface area (Å²) < 4.78 is 0. The summed E-state index contributed by atoms with van der Waals surface area (Å²) in [4.78, 5) is 0. The largest absolute Gasteiger partial charge is 0.315 e. The molecule has 0 saturated heterocycles. The van der Waals surface area contributed by atoms with Gasteiger partial charge in [0.15, 0.2) is 0 Å². The summed E-state index contributed by atoms with van der Waals surface area (Å²) in [7, 11) is 0. The van der Waals surface area contributed by atoms with Crippen LogP contribution in [0.15, 0.2) is 11.6 Å². The van der Waals surface area contributed by atoms with Gasteiger partial charge in [-0.2, -0.15) is 5.26 Å². The van der Waals surface area contributed by atoms with Gasteiger partial charge in [-0.15, -0.1) is 0 Å². The quantitative estimate of drug-likeness (QED) is 0.739. The van der Waals surface area contributed by atoms with Crippen molar-refractivity contribution in [3.8, 4) is 6.07 Å². The van der Waals surface area contributed by atoms with E-state index in [1.807, 2.05) is 13.8 Å². The van der Waals surface area contributed by atoms with Gasteiger partial charge < -0.3 is 5.32 Å². The number of hydrogen-bond acceptors (Lipinski definition) is 2. The van der Waals surface area contributed by atoms with Crippen LogP contribution in [-0.2, 0) is 0 Å². The molecule has 1 N–H and O–H groups in total. The van der Waals surface area contributed by atoms with Crippen molar-refractivity contribution in [3.63, 3.8) is 0 Å². The van der Waals surface area contributed by atoms with Crippen LogP contribution < -0.4 is 5.32 Å². The molecule has 0 amide bonds. The average Bonchev–Trinajstić information content (AvgIpc) is 2.16. The van der Waals surface area contributed by atoms with Crippen LogP contribution >= 0.6 is 0 Å². The van der Waals surface area contributed by atoms with Gasteiger partial charge in [0, 0.05) is 6.54 Å². The van der Waals surface area contributed by atoms with Gasteiger partial charge in [0.05, 0.1) is 11.5 Å². The summed E-state index contributed by atoms with van der Waals surface area (Å²) in [5, 5.41) is 12.4. The monoisotopic (exact) mass is 220 g/mol. The normalized spacial score (nSPS) is 26.1. The van der Waals surface area contributed by atoms with Gasteiger partial charge in [0.2, 0.25) is 0 Å². The molecule has 2 unspecified atom stereocenters. The molecule has 1 rings (SSSR count). The summed E-state index contributed by atoms with van der Waals surface area (Å²) in [5.74, 6) is 1.46. The molecule has 1 aliphatic rings. The van der Waals surface area contributed by atoms with Crippen molar-refractivity contribution in [1.82, 2.24) is 5.32 Å². The van der Waals surface area contributed by atoms with Crippen molar-refractivity contribution < 1.29 is 0 Å². The van der Waals surface area contributed by atoms with Crippen LogP contribution in [0.3, 0.4) is 0 Å². The number of allylic oxidation sites excluding steroid dienone is 2. The summed E-state index contributed by atoms with van der Waals surface area (Å²) >= 11 is 0. The van der Waals surface area contributed by atoms with Crippen LogP contribution in [-0.4, -0.2) is 13.1 Å². The Morgan fingerprint density at radius 1 is 1.56 bits per heavy atom. The Morgan fingerprint density at radius 3 is 2.81 bits per heavy atom. The maximum absolute atomic E-state index is 8.92. The van der Waals surface area contributed by atoms with Crippen molar-refractivity contribution in [2.24, 2.45) is 17.3 Å². The molecule has 0 aromatic rings. The van der Waals surface area contributed by atoms with Gasteiger partial charge >= 0.3 is 0 Å². The van der Waals surface area contributed by atoms with E-state index in [1.54, 1.807) is 0 Å². The van der Waals surface area contributed by atoms with Crippen molar-refractivity contribution >= 4 is 0 Å². The lowest BCUT2D eigenvalue weighted by molar-refractivity contribution is 0.355. The molecule has 2 atom stereocenters. The lowest BCUT2D eigenvalue weighted by Gasteiger charge is -2.26. The molecule has 0 fully saturated rings. The topological polar surface area (TPSA) is 35.8 Å². The lowest BCUT2D eigenvalue weighted by Crippen LogP contribution is -2.33. The van der Waals surface area contributed by atoms with Crippen LogP contribution in [0.2, 0.25) is 0 Å². The Bertz CT molecular complexity index is 296. The van der Waals surface area contributed by atoms with Gasteiger partial charge in [0.1, 0.15) is 0 Å². The molecule has 0 bridgehead atoms. The highest BCUT2D eigenvalue weighted by Crippen LogP contribution is 2.27. The predicted octanol–water partition coefficient (Wildman–Crippen LogP) is 3.12. The van der Waals surface area contributed by atoms with E-state index < -0.39 is 0 Å². The molecule has 0 spiro atoms. The zero-order valence-corrected chi connectivity index (χ0v) is 11.0. The SMILES string of the molecule is CC1=CC(C)CC(CNCC(C)(C)C#N)C1. The van der Waals surface area contributed by atoms with Gasteiger partial charge in [-0.05, 0) is 52.0 Å². The van der Waals surface area contributed by atoms with Crippen LogP contribution in [0.5, 0.6) is 0 Å². The molecule has 0 aliphatic heterocycles. The first-order valence-corrected chi connectivity index (χ1v) is 6.22. The van der Waals surface area contributed by atoms with Gasteiger partial charge in [-0.3, -0.25) is 0 Å². The Labute approximate surface area is 99.7 Å². The maximum atomic E-state index is 8.92. The third kappa shape index (κ3) is 4.37. The Kier molecular flexibility index (Phi) is 4.56. The predicted molar refractivity (Wildman–Crippen MR) is 67.9 cm³/mol. The van der Waals surface area contributed by atoms with Crippen LogP contribution in [0, 0.1) is 28.6 Å². The minimum absolute atomic E-state index is 0.245. The molecule has 90 valence electrons. The molecule has 16 heavy (non-hydrogen) atoms. The zero-order valence-electron chi connectivity index (χ0n) is 11.0. The fraction of sp³-hybridized carbons (Fsp3) is 0.786. The van der Waals surface area contributed by atoms with E-state index in [2.05, 4.69) is 31.3 Å². The van der Waals surface area contributed by atoms with Gasteiger partial charge in [-0.25, -0.2) is 0 Å². The lowest BCUT2D eigenvalue weighted by atomic mass is 9.83. The highest BCUT2D eigenvalue weighted by Gasteiger charge is 2.20. The van der Waals surface area contributed by atoms with E-state index in [0.29, 0.717) is 5.92 Å². The smallest absolute Gasteiger partial charge is 0.0697 e. The summed E-state index contributed by atoms with van der Waals surface area (Å²) in [6, 6.07) is 2.32. The number of rotatable bonds is 4. The second-order valence-electron chi connectivity index (χ2n) is 5.92. The number of hydrogen-bond donors (Lipinski definition) is 1. The first-order chi connectivity index (χ1) is 7.43. The molecule has 0 heterocycles. The highest BCUT2D eigenvalue weighted by atomic mass is 14.9. The number of nitrogens with zero attached hydrogens (tertiary/aromatic N) is 1. The van der Waals surface area contributed by atoms with E-state index in [0.717, 1.165) is 19.0 Å². The molecule has 0 aromatic heterocycles. The zero-order chi connectivity index (χ0) is 12.2. The molecular weight excluding hydrogens is 196 g/mol. The first kappa shape index (κ1) is 13.3. The summed E-state index contributed by atoms with van der Waals surface area (Å²) in [5.41, 5.74) is 1.27. The molecule has 0 aromatic carbocycles. The van der Waals surface area contributed by atoms with Gasteiger partial charge in [-0.1, -0.05) is 18.6 Å². The molecule has 2 nitrogen and oxygen atoms in total. The minimum Gasteiger partial charge on any atom is -0.315 e. The molecule has 0 radical (unpaired) electrons. The van der Waals surface area contributed by atoms with E-state index in [4.69, 9.17) is 5.26 Å². The Morgan fingerprint density at radius 2 is 2.25 bits per heavy atom. The Balaban J connectivity index is 2.30. The van der Waals surface area contributed by atoms with Crippen LogP contribution in [0.1, 0.15) is 40.5 Å². The average molecular weight is 220 g/mol.